The molecule has 0 aliphatic rings. The molecule has 0 radical (unpaired) electrons. The third-order valence-corrected chi connectivity index (χ3v) is 2.90. The van der Waals surface area contributed by atoms with E-state index in [9.17, 15) is 4.79 Å². The Balaban J connectivity index is 2.40. The molecule has 21 heavy (non-hydrogen) atoms. The van der Waals surface area contributed by atoms with Crippen LogP contribution < -0.4 is 0 Å². The summed E-state index contributed by atoms with van der Waals surface area (Å²) in [4.78, 5) is 18.2. The molecule has 0 spiro atoms. The molecule has 0 saturated carbocycles. The van der Waals surface area contributed by atoms with E-state index in [1.54, 1.807) is 24.0 Å². The number of esters is 1. The zero-order valence-corrected chi connectivity index (χ0v) is 12.5. The molecule has 112 valence electrons. The van der Waals surface area contributed by atoms with Crippen molar-refractivity contribution < 1.29 is 9.53 Å². The van der Waals surface area contributed by atoms with Gasteiger partial charge in [0.1, 0.15) is 5.69 Å². The molecule has 0 amide bonds. The van der Waals surface area contributed by atoms with Crippen molar-refractivity contribution in [3.63, 3.8) is 0 Å². The summed E-state index contributed by atoms with van der Waals surface area (Å²) < 4.78 is 6.75. The van der Waals surface area contributed by atoms with Crippen LogP contribution in [0.15, 0.2) is 24.5 Å². The van der Waals surface area contributed by atoms with Gasteiger partial charge in [-0.1, -0.05) is 5.21 Å². The Kier molecular flexibility index (Phi) is 4.99. The zero-order chi connectivity index (χ0) is 15.2. The highest BCUT2D eigenvalue weighted by Gasteiger charge is 2.22. The lowest BCUT2D eigenvalue weighted by molar-refractivity contribution is 0.0520. The van der Waals surface area contributed by atoms with Crippen molar-refractivity contribution in [1.29, 1.82) is 0 Å². The smallest absolute Gasteiger partial charge is 0.361 e. The summed E-state index contributed by atoms with van der Waals surface area (Å²) in [5.74, 6) is -0.465. The average molecular weight is 289 g/mol. The van der Waals surface area contributed by atoms with E-state index in [1.807, 2.05) is 31.1 Å². The highest BCUT2D eigenvalue weighted by Crippen LogP contribution is 2.22. The Bertz CT molecular complexity index is 595. The predicted octanol–water partition coefficient (Wildman–Crippen LogP) is 1.08. The first-order valence-electron chi connectivity index (χ1n) is 6.79. The van der Waals surface area contributed by atoms with Crippen LogP contribution in [0.25, 0.3) is 11.3 Å². The van der Waals surface area contributed by atoms with Gasteiger partial charge in [-0.05, 0) is 33.2 Å². The zero-order valence-electron chi connectivity index (χ0n) is 12.5. The number of pyridine rings is 1. The van der Waals surface area contributed by atoms with E-state index in [4.69, 9.17) is 4.74 Å². The molecule has 7 heteroatoms. The van der Waals surface area contributed by atoms with Gasteiger partial charge >= 0.3 is 5.97 Å². The van der Waals surface area contributed by atoms with Crippen LogP contribution in [0.3, 0.4) is 0 Å². The van der Waals surface area contributed by atoms with Gasteiger partial charge in [0, 0.05) is 24.5 Å². The number of hydrogen-bond acceptors (Lipinski definition) is 6. The Morgan fingerprint density at radius 1 is 1.43 bits per heavy atom. The van der Waals surface area contributed by atoms with Crippen LogP contribution in [0, 0.1) is 0 Å². The second kappa shape index (κ2) is 6.94. The molecule has 0 unspecified atom stereocenters. The van der Waals surface area contributed by atoms with Crippen LogP contribution in [0.2, 0.25) is 0 Å². The van der Waals surface area contributed by atoms with Crippen LogP contribution in [0.1, 0.15) is 17.4 Å². The monoisotopic (exact) mass is 289 g/mol. The second-order valence-electron chi connectivity index (χ2n) is 4.78. The fourth-order valence-corrected chi connectivity index (χ4v) is 1.89. The van der Waals surface area contributed by atoms with Gasteiger partial charge in [0.25, 0.3) is 0 Å². The molecule has 0 aromatic carbocycles. The van der Waals surface area contributed by atoms with Gasteiger partial charge in [0.05, 0.1) is 13.2 Å². The molecule has 0 aliphatic heterocycles. The first-order chi connectivity index (χ1) is 10.1. The summed E-state index contributed by atoms with van der Waals surface area (Å²) in [7, 11) is 3.96. The van der Waals surface area contributed by atoms with Gasteiger partial charge in [0.15, 0.2) is 5.69 Å². The number of hydrogen-bond donors (Lipinski definition) is 0. The van der Waals surface area contributed by atoms with Crippen molar-refractivity contribution in [3.05, 3.63) is 30.2 Å². The molecule has 0 atom stereocenters. The van der Waals surface area contributed by atoms with Gasteiger partial charge in [-0.3, -0.25) is 4.98 Å². The quantitative estimate of drug-likeness (QED) is 0.741. The predicted molar refractivity (Wildman–Crippen MR) is 77.8 cm³/mol. The van der Waals surface area contributed by atoms with Crippen molar-refractivity contribution in [2.24, 2.45) is 0 Å². The molecule has 0 saturated heterocycles. The minimum Gasteiger partial charge on any atom is -0.461 e. The fraction of sp³-hybridized carbons (Fsp3) is 0.429. The molecular weight excluding hydrogens is 270 g/mol. The molecule has 7 nitrogen and oxygen atoms in total. The minimum absolute atomic E-state index is 0.226. The molecule has 2 heterocycles. The Labute approximate surface area is 123 Å². The third-order valence-electron chi connectivity index (χ3n) is 2.90. The number of likely N-dealkylation sites (N-methyl/N-ethyl adjacent to an activating group) is 1. The minimum atomic E-state index is -0.465. The number of carbonyl (C=O) groups excluding carboxylic acids is 1. The lowest BCUT2D eigenvalue weighted by Crippen LogP contribution is -2.19. The lowest BCUT2D eigenvalue weighted by atomic mass is 10.1. The highest BCUT2D eigenvalue weighted by molar-refractivity contribution is 5.93. The number of rotatable bonds is 6. The number of nitrogens with zero attached hydrogens (tertiary/aromatic N) is 5. The largest absolute Gasteiger partial charge is 0.461 e. The summed E-state index contributed by atoms with van der Waals surface area (Å²) in [6.45, 7) is 3.48. The molecule has 0 fully saturated rings. The molecule has 2 aromatic rings. The van der Waals surface area contributed by atoms with E-state index in [-0.39, 0.29) is 5.69 Å². The van der Waals surface area contributed by atoms with Crippen LogP contribution in [-0.2, 0) is 11.3 Å². The van der Waals surface area contributed by atoms with Gasteiger partial charge in [-0.25, -0.2) is 9.48 Å². The maximum Gasteiger partial charge on any atom is 0.361 e. The van der Waals surface area contributed by atoms with Gasteiger partial charge in [0.2, 0.25) is 0 Å². The number of carbonyl (C=O) groups is 1. The topological polar surface area (TPSA) is 73.1 Å². The molecule has 0 N–H and O–H groups in total. The molecular formula is C14H19N5O2. The SMILES string of the molecule is CCOC(=O)c1nnn(CCN(C)C)c1-c1cccnc1. The Morgan fingerprint density at radius 2 is 2.24 bits per heavy atom. The van der Waals surface area contributed by atoms with Crippen LogP contribution in [0.5, 0.6) is 0 Å². The first-order valence-corrected chi connectivity index (χ1v) is 6.79. The first kappa shape index (κ1) is 15.1. The Hall–Kier alpha value is -2.28. The summed E-state index contributed by atoms with van der Waals surface area (Å²) >= 11 is 0. The summed E-state index contributed by atoms with van der Waals surface area (Å²) in [6, 6.07) is 3.69. The van der Waals surface area contributed by atoms with Crippen molar-refractivity contribution in [2.75, 3.05) is 27.2 Å². The van der Waals surface area contributed by atoms with Crippen molar-refractivity contribution >= 4 is 5.97 Å². The maximum absolute atomic E-state index is 12.0. The van der Waals surface area contributed by atoms with E-state index in [0.717, 1.165) is 12.1 Å². The van der Waals surface area contributed by atoms with E-state index in [2.05, 4.69) is 15.3 Å². The number of ether oxygens (including phenoxy) is 1. The fourth-order valence-electron chi connectivity index (χ4n) is 1.89. The molecule has 0 aliphatic carbocycles. The second-order valence-corrected chi connectivity index (χ2v) is 4.78. The lowest BCUT2D eigenvalue weighted by Gasteiger charge is -2.11. The highest BCUT2D eigenvalue weighted by atomic mass is 16.5. The summed E-state index contributed by atoms with van der Waals surface area (Å²) in [6.07, 6.45) is 3.37. The Morgan fingerprint density at radius 3 is 2.86 bits per heavy atom. The normalized spacial score (nSPS) is 10.9. The summed E-state index contributed by atoms with van der Waals surface area (Å²) in [5.41, 5.74) is 1.66. The van der Waals surface area contributed by atoms with Crippen LogP contribution in [0.4, 0.5) is 0 Å². The van der Waals surface area contributed by atoms with Gasteiger partial charge < -0.3 is 9.64 Å². The molecule has 2 aromatic heterocycles. The van der Waals surface area contributed by atoms with E-state index < -0.39 is 5.97 Å². The van der Waals surface area contributed by atoms with E-state index in [1.165, 1.54) is 0 Å². The van der Waals surface area contributed by atoms with E-state index >= 15 is 0 Å². The average Bonchev–Trinajstić information content (AvgIpc) is 2.90. The van der Waals surface area contributed by atoms with E-state index in [0.29, 0.717) is 18.8 Å². The van der Waals surface area contributed by atoms with Gasteiger partial charge in [-0.15, -0.1) is 5.10 Å². The molecule has 2 rings (SSSR count). The maximum atomic E-state index is 12.0. The number of aromatic nitrogens is 4. The van der Waals surface area contributed by atoms with Crippen molar-refractivity contribution in [3.8, 4) is 11.3 Å². The van der Waals surface area contributed by atoms with Gasteiger partial charge in [-0.2, -0.15) is 0 Å². The third kappa shape index (κ3) is 3.63. The van der Waals surface area contributed by atoms with Crippen LogP contribution >= 0.6 is 0 Å². The van der Waals surface area contributed by atoms with Crippen LogP contribution in [-0.4, -0.2) is 58.1 Å². The molecule has 0 bridgehead atoms. The summed E-state index contributed by atoms with van der Waals surface area (Å²) in [5, 5.41) is 8.06. The standard InChI is InChI=1S/C14H19N5O2/c1-4-21-14(20)12-13(11-6-5-7-15-10-11)19(17-16-12)9-8-18(2)3/h5-7,10H,4,8-9H2,1-3H3. The van der Waals surface area contributed by atoms with Crippen molar-refractivity contribution in [1.82, 2.24) is 24.9 Å². The van der Waals surface area contributed by atoms with Crippen molar-refractivity contribution in [2.45, 2.75) is 13.5 Å².